The number of nitrogens with zero attached hydrogens (tertiary/aromatic N) is 1. The fourth-order valence-electron chi connectivity index (χ4n) is 2.24. The molecule has 0 bridgehead atoms. The van der Waals surface area contributed by atoms with Crippen molar-refractivity contribution in [3.8, 4) is 5.75 Å². The van der Waals surface area contributed by atoms with Crippen LogP contribution in [0.15, 0.2) is 40.8 Å². The van der Waals surface area contributed by atoms with Crippen molar-refractivity contribution in [2.45, 2.75) is 20.5 Å². The lowest BCUT2D eigenvalue weighted by atomic mass is 10.3. The van der Waals surface area contributed by atoms with Crippen LogP contribution in [0.2, 0.25) is 5.02 Å². The van der Waals surface area contributed by atoms with Gasteiger partial charge >= 0.3 is 0 Å². The lowest BCUT2D eigenvalue weighted by molar-refractivity contribution is 0.0917. The molecule has 0 atom stereocenters. The van der Waals surface area contributed by atoms with E-state index >= 15 is 0 Å². The summed E-state index contributed by atoms with van der Waals surface area (Å²) in [4.78, 5) is 14.3. The first-order valence-corrected chi connectivity index (χ1v) is 8.48. The first kappa shape index (κ1) is 18.4. The maximum Gasteiger partial charge on any atom is 0.287 e. The summed E-state index contributed by atoms with van der Waals surface area (Å²) in [5.74, 6) is 1.23. The van der Waals surface area contributed by atoms with E-state index in [-0.39, 0.29) is 18.3 Å². The second-order valence-electron chi connectivity index (χ2n) is 5.27. The highest BCUT2D eigenvalue weighted by molar-refractivity contribution is 6.32. The standard InChI is InChI=1S/C18H23ClN2O3/c1-3-21(4-2)12-11-20-18(22)17-10-9-14(24-17)13-23-16-8-6-5-7-15(16)19/h5-10H,3-4,11-13H2,1-2H3,(H,20,22). The van der Waals surface area contributed by atoms with Crippen LogP contribution in [0.25, 0.3) is 0 Å². The zero-order valence-corrected chi connectivity index (χ0v) is 14.8. The van der Waals surface area contributed by atoms with Crippen molar-refractivity contribution in [1.82, 2.24) is 10.2 Å². The van der Waals surface area contributed by atoms with E-state index in [4.69, 9.17) is 20.8 Å². The fraction of sp³-hybridized carbons (Fsp3) is 0.389. The Labute approximate surface area is 147 Å². The normalized spacial score (nSPS) is 10.8. The number of ether oxygens (including phenoxy) is 1. The molecule has 6 heteroatoms. The molecule has 0 fully saturated rings. The number of halogens is 1. The van der Waals surface area contributed by atoms with E-state index in [0.717, 1.165) is 19.6 Å². The summed E-state index contributed by atoms with van der Waals surface area (Å²) < 4.78 is 11.1. The van der Waals surface area contributed by atoms with E-state index in [1.54, 1.807) is 24.3 Å². The van der Waals surface area contributed by atoms with Gasteiger partial charge in [0.05, 0.1) is 5.02 Å². The average molecular weight is 351 g/mol. The van der Waals surface area contributed by atoms with Gasteiger partial charge in [-0.05, 0) is 37.4 Å². The van der Waals surface area contributed by atoms with Crippen LogP contribution in [0.1, 0.15) is 30.2 Å². The quantitative estimate of drug-likeness (QED) is 0.751. The molecule has 1 aromatic carbocycles. The third-order valence-corrected chi connectivity index (χ3v) is 4.01. The predicted octanol–water partition coefficient (Wildman–Crippen LogP) is 3.58. The molecular weight excluding hydrogens is 328 g/mol. The summed E-state index contributed by atoms with van der Waals surface area (Å²) >= 11 is 6.03. The van der Waals surface area contributed by atoms with Crippen molar-refractivity contribution >= 4 is 17.5 Å². The summed E-state index contributed by atoms with van der Waals surface area (Å²) in [5.41, 5.74) is 0. The first-order chi connectivity index (χ1) is 11.6. The Bertz CT molecular complexity index is 653. The number of benzene rings is 1. The van der Waals surface area contributed by atoms with Gasteiger partial charge in [-0.25, -0.2) is 0 Å². The van der Waals surface area contributed by atoms with Gasteiger partial charge in [0.2, 0.25) is 0 Å². The molecule has 0 saturated carbocycles. The smallest absolute Gasteiger partial charge is 0.287 e. The summed E-state index contributed by atoms with van der Waals surface area (Å²) in [6, 6.07) is 10.6. The minimum absolute atomic E-state index is 0.217. The highest BCUT2D eigenvalue weighted by atomic mass is 35.5. The van der Waals surface area contributed by atoms with E-state index in [1.165, 1.54) is 0 Å². The number of carbonyl (C=O) groups excluding carboxylic acids is 1. The Morgan fingerprint density at radius 3 is 2.67 bits per heavy atom. The molecule has 130 valence electrons. The van der Waals surface area contributed by atoms with Crippen LogP contribution in [0, 0.1) is 0 Å². The van der Waals surface area contributed by atoms with Gasteiger partial charge in [0, 0.05) is 13.1 Å². The van der Waals surface area contributed by atoms with E-state index < -0.39 is 0 Å². The van der Waals surface area contributed by atoms with Crippen LogP contribution in [-0.2, 0) is 6.61 Å². The molecule has 5 nitrogen and oxygen atoms in total. The number of nitrogens with one attached hydrogen (secondary N) is 1. The molecule has 1 aromatic heterocycles. The molecule has 2 aromatic rings. The van der Waals surface area contributed by atoms with Gasteiger partial charge in [-0.2, -0.15) is 0 Å². The zero-order chi connectivity index (χ0) is 17.4. The number of para-hydroxylation sites is 1. The third kappa shape index (κ3) is 5.28. The number of hydrogen-bond acceptors (Lipinski definition) is 4. The molecular formula is C18H23ClN2O3. The van der Waals surface area contributed by atoms with Crippen LogP contribution in [0.5, 0.6) is 5.75 Å². The fourth-order valence-corrected chi connectivity index (χ4v) is 2.43. The number of amides is 1. The maximum atomic E-state index is 12.1. The van der Waals surface area contributed by atoms with E-state index in [0.29, 0.717) is 23.1 Å². The van der Waals surface area contributed by atoms with Crippen molar-refractivity contribution in [1.29, 1.82) is 0 Å². The Kier molecular flexibility index (Phi) is 7.15. The topological polar surface area (TPSA) is 54.7 Å². The Morgan fingerprint density at radius 1 is 1.21 bits per heavy atom. The van der Waals surface area contributed by atoms with Crippen molar-refractivity contribution in [2.24, 2.45) is 0 Å². The van der Waals surface area contributed by atoms with Gasteiger partial charge in [-0.15, -0.1) is 0 Å². The summed E-state index contributed by atoms with van der Waals surface area (Å²) in [6.45, 7) is 7.77. The van der Waals surface area contributed by atoms with Gasteiger partial charge in [0.15, 0.2) is 5.76 Å². The van der Waals surface area contributed by atoms with Gasteiger partial charge in [0.1, 0.15) is 18.1 Å². The molecule has 1 N–H and O–H groups in total. The number of hydrogen-bond donors (Lipinski definition) is 1. The van der Waals surface area contributed by atoms with Gasteiger partial charge in [0.25, 0.3) is 5.91 Å². The Hall–Kier alpha value is -1.98. The third-order valence-electron chi connectivity index (χ3n) is 3.70. The largest absolute Gasteiger partial charge is 0.484 e. The summed E-state index contributed by atoms with van der Waals surface area (Å²) in [6.07, 6.45) is 0. The molecule has 0 radical (unpaired) electrons. The molecule has 0 aliphatic heterocycles. The first-order valence-electron chi connectivity index (χ1n) is 8.10. The number of rotatable bonds is 9. The molecule has 0 aliphatic carbocycles. The lowest BCUT2D eigenvalue weighted by Crippen LogP contribution is -2.34. The van der Waals surface area contributed by atoms with E-state index in [2.05, 4.69) is 24.1 Å². The molecule has 1 amide bonds. The van der Waals surface area contributed by atoms with Gasteiger partial charge < -0.3 is 19.4 Å². The average Bonchev–Trinajstić information content (AvgIpc) is 3.07. The van der Waals surface area contributed by atoms with Crippen molar-refractivity contribution in [3.63, 3.8) is 0 Å². The second-order valence-corrected chi connectivity index (χ2v) is 5.68. The second kappa shape index (κ2) is 9.35. The van der Waals surface area contributed by atoms with Gasteiger partial charge in [-0.1, -0.05) is 37.6 Å². The SMILES string of the molecule is CCN(CC)CCNC(=O)c1ccc(COc2ccccc2Cl)o1. The number of furan rings is 1. The Morgan fingerprint density at radius 2 is 1.96 bits per heavy atom. The Balaban J connectivity index is 1.81. The highest BCUT2D eigenvalue weighted by Gasteiger charge is 2.12. The van der Waals surface area contributed by atoms with Crippen molar-refractivity contribution < 1.29 is 13.9 Å². The molecule has 0 unspecified atom stereocenters. The van der Waals surface area contributed by atoms with Crippen molar-refractivity contribution in [2.75, 3.05) is 26.2 Å². The van der Waals surface area contributed by atoms with Crippen LogP contribution in [0.3, 0.4) is 0 Å². The number of carbonyl (C=O) groups is 1. The molecule has 0 saturated heterocycles. The van der Waals surface area contributed by atoms with Crippen LogP contribution in [0.4, 0.5) is 0 Å². The maximum absolute atomic E-state index is 12.1. The molecule has 2 rings (SSSR count). The highest BCUT2D eigenvalue weighted by Crippen LogP contribution is 2.24. The van der Waals surface area contributed by atoms with Crippen LogP contribution < -0.4 is 10.1 Å². The van der Waals surface area contributed by atoms with Crippen LogP contribution >= 0.6 is 11.6 Å². The van der Waals surface area contributed by atoms with E-state index in [9.17, 15) is 4.79 Å². The minimum Gasteiger partial charge on any atom is -0.484 e. The minimum atomic E-state index is -0.217. The van der Waals surface area contributed by atoms with Crippen molar-refractivity contribution in [3.05, 3.63) is 52.9 Å². The summed E-state index contributed by atoms with van der Waals surface area (Å²) in [5, 5.41) is 3.40. The summed E-state index contributed by atoms with van der Waals surface area (Å²) in [7, 11) is 0. The molecule has 0 spiro atoms. The van der Waals surface area contributed by atoms with E-state index in [1.807, 2.05) is 12.1 Å². The zero-order valence-electron chi connectivity index (χ0n) is 14.0. The van der Waals surface area contributed by atoms with Gasteiger partial charge in [-0.3, -0.25) is 4.79 Å². The monoisotopic (exact) mass is 350 g/mol. The lowest BCUT2D eigenvalue weighted by Gasteiger charge is -2.17. The number of likely N-dealkylation sites (N-methyl/N-ethyl adjacent to an activating group) is 1. The molecule has 0 aliphatic rings. The predicted molar refractivity (Wildman–Crippen MR) is 94.6 cm³/mol. The van der Waals surface area contributed by atoms with Crippen LogP contribution in [-0.4, -0.2) is 37.0 Å². The molecule has 24 heavy (non-hydrogen) atoms. The molecule has 1 heterocycles.